The molecule has 1 aromatic carbocycles. The molecule has 0 aliphatic carbocycles. The van der Waals surface area contributed by atoms with Gasteiger partial charge in [-0.25, -0.2) is 9.36 Å². The number of pyridine rings is 1. The number of nitrogens with one attached hydrogen (secondary N) is 3. The van der Waals surface area contributed by atoms with Crippen LogP contribution in [0.15, 0.2) is 58.4 Å². The van der Waals surface area contributed by atoms with Crippen LogP contribution in [-0.2, 0) is 10.3 Å². The van der Waals surface area contributed by atoms with Gasteiger partial charge in [0, 0.05) is 17.4 Å². The van der Waals surface area contributed by atoms with Gasteiger partial charge in [-0.3, -0.25) is 24.4 Å². The van der Waals surface area contributed by atoms with E-state index in [4.69, 9.17) is 11.6 Å². The van der Waals surface area contributed by atoms with E-state index >= 15 is 0 Å². The Morgan fingerprint density at radius 3 is 2.41 bits per heavy atom. The number of rotatable bonds is 3. The number of aromatic nitrogens is 3. The highest BCUT2D eigenvalue weighted by atomic mass is 35.5. The van der Waals surface area contributed by atoms with Gasteiger partial charge >= 0.3 is 11.9 Å². The maximum atomic E-state index is 14.3. The molecule has 1 aliphatic rings. The van der Waals surface area contributed by atoms with Gasteiger partial charge in [0.25, 0.3) is 22.9 Å². The highest BCUT2D eigenvalue weighted by Gasteiger charge is 2.68. The van der Waals surface area contributed by atoms with E-state index in [1.807, 2.05) is 5.32 Å². The molecule has 3 aromatic rings. The SMILES string of the molecule is O=C(N[C@@]1(C(F)(F)F)C(=O)Nc2c1c(=O)[nH]c(=O)n2-c1ccc(Cl)cc1)c1cccnc1. The van der Waals surface area contributed by atoms with Crippen molar-refractivity contribution in [2.45, 2.75) is 11.7 Å². The quantitative estimate of drug-likeness (QED) is 0.543. The summed E-state index contributed by atoms with van der Waals surface area (Å²) in [6.07, 6.45) is -3.16. The lowest BCUT2D eigenvalue weighted by Crippen LogP contribution is -2.62. The van der Waals surface area contributed by atoms with Gasteiger partial charge in [0.1, 0.15) is 11.4 Å². The van der Waals surface area contributed by atoms with Crippen molar-refractivity contribution in [3.8, 4) is 5.69 Å². The minimum atomic E-state index is -5.45. The van der Waals surface area contributed by atoms with Crippen LogP contribution < -0.4 is 21.9 Å². The van der Waals surface area contributed by atoms with Crippen molar-refractivity contribution >= 4 is 29.2 Å². The van der Waals surface area contributed by atoms with Gasteiger partial charge in [-0.15, -0.1) is 0 Å². The van der Waals surface area contributed by atoms with Gasteiger partial charge in [0.2, 0.25) is 0 Å². The van der Waals surface area contributed by atoms with Gasteiger partial charge in [0.05, 0.1) is 11.3 Å². The zero-order chi connectivity index (χ0) is 23.3. The minimum absolute atomic E-state index is 0.0174. The molecule has 3 heterocycles. The average Bonchev–Trinajstić information content (AvgIpc) is 3.03. The van der Waals surface area contributed by atoms with Crippen LogP contribution >= 0.6 is 11.6 Å². The third kappa shape index (κ3) is 3.15. The number of fused-ring (bicyclic) bond motifs is 1. The first kappa shape index (κ1) is 21.3. The molecule has 3 N–H and O–H groups in total. The fourth-order valence-electron chi connectivity index (χ4n) is 3.35. The van der Waals surface area contributed by atoms with Crippen molar-refractivity contribution in [1.82, 2.24) is 19.9 Å². The van der Waals surface area contributed by atoms with E-state index in [-0.39, 0.29) is 16.3 Å². The van der Waals surface area contributed by atoms with Gasteiger partial charge in [-0.05, 0) is 36.4 Å². The Kier molecular flexibility index (Phi) is 4.89. The van der Waals surface area contributed by atoms with Crippen molar-refractivity contribution in [2.75, 3.05) is 5.32 Å². The minimum Gasteiger partial charge on any atom is -0.326 e. The Labute approximate surface area is 180 Å². The van der Waals surface area contributed by atoms with Crippen LogP contribution in [0.25, 0.3) is 5.69 Å². The molecule has 1 atom stereocenters. The van der Waals surface area contributed by atoms with E-state index in [0.29, 0.717) is 4.57 Å². The first-order valence-electron chi connectivity index (χ1n) is 8.83. The number of halogens is 4. The molecular weight excluding hydrogens is 455 g/mol. The zero-order valence-corrected chi connectivity index (χ0v) is 16.4. The average molecular weight is 466 g/mol. The summed E-state index contributed by atoms with van der Waals surface area (Å²) in [5.41, 5.74) is -7.79. The zero-order valence-electron chi connectivity index (χ0n) is 15.7. The van der Waals surface area contributed by atoms with Crippen LogP contribution in [0.4, 0.5) is 19.0 Å². The molecular formula is C19H11ClF3N5O4. The van der Waals surface area contributed by atoms with E-state index < -0.39 is 46.2 Å². The number of H-pyrrole nitrogens is 1. The normalized spacial score (nSPS) is 17.6. The number of carbonyl (C=O) groups excluding carboxylic acids is 2. The third-order valence-electron chi connectivity index (χ3n) is 4.79. The first-order chi connectivity index (χ1) is 15.1. The third-order valence-corrected chi connectivity index (χ3v) is 5.05. The van der Waals surface area contributed by atoms with Crippen LogP contribution in [0.2, 0.25) is 5.02 Å². The topological polar surface area (TPSA) is 126 Å². The number of hydrogen-bond donors (Lipinski definition) is 3. The number of amides is 2. The Hall–Kier alpha value is -3.93. The maximum absolute atomic E-state index is 14.3. The van der Waals surface area contributed by atoms with E-state index in [0.717, 1.165) is 6.20 Å². The molecule has 0 saturated heterocycles. The lowest BCUT2D eigenvalue weighted by Gasteiger charge is -2.30. The van der Waals surface area contributed by atoms with Crippen molar-refractivity contribution in [2.24, 2.45) is 0 Å². The van der Waals surface area contributed by atoms with Crippen LogP contribution in [0.3, 0.4) is 0 Å². The molecule has 0 unspecified atom stereocenters. The lowest BCUT2D eigenvalue weighted by atomic mass is 9.91. The van der Waals surface area contributed by atoms with Crippen molar-refractivity contribution in [3.05, 3.63) is 85.8 Å². The Bertz CT molecular complexity index is 1350. The smallest absolute Gasteiger partial charge is 0.326 e. The summed E-state index contributed by atoms with van der Waals surface area (Å²) in [6, 6.07) is 7.81. The van der Waals surface area contributed by atoms with Crippen LogP contribution in [0.5, 0.6) is 0 Å². The summed E-state index contributed by atoms with van der Waals surface area (Å²) in [5, 5.41) is 3.84. The summed E-state index contributed by atoms with van der Waals surface area (Å²) < 4.78 is 43.7. The van der Waals surface area contributed by atoms with Gasteiger partial charge in [-0.1, -0.05) is 11.6 Å². The number of aromatic amines is 1. The standard InChI is InChI=1S/C19H11ClF3N5O4/c20-10-3-5-11(6-4-10)28-13-12(15(30)26-17(28)32)18(16(31)25-13,19(21,22)23)27-14(29)9-2-1-7-24-8-9/h1-8H,(H,25,31)(H,27,29)(H,26,30,32)/t18-/m1/s1. The second-order valence-corrected chi connectivity index (χ2v) is 7.13. The van der Waals surface area contributed by atoms with Crippen molar-refractivity contribution < 1.29 is 22.8 Å². The molecule has 0 spiro atoms. The molecule has 0 saturated carbocycles. The summed E-state index contributed by atoms with van der Waals surface area (Å²) >= 11 is 5.81. The lowest BCUT2D eigenvalue weighted by molar-refractivity contribution is -0.196. The first-order valence-corrected chi connectivity index (χ1v) is 9.20. The molecule has 164 valence electrons. The molecule has 0 fully saturated rings. The highest BCUT2D eigenvalue weighted by Crippen LogP contribution is 2.45. The Morgan fingerprint density at radius 2 is 1.81 bits per heavy atom. The van der Waals surface area contributed by atoms with E-state index in [1.54, 1.807) is 10.3 Å². The number of nitrogens with zero attached hydrogens (tertiary/aromatic N) is 2. The van der Waals surface area contributed by atoms with Gasteiger partial charge in [0.15, 0.2) is 0 Å². The maximum Gasteiger partial charge on any atom is 0.425 e. The predicted molar refractivity (Wildman–Crippen MR) is 106 cm³/mol. The number of anilines is 1. The summed E-state index contributed by atoms with van der Waals surface area (Å²) in [7, 11) is 0. The Morgan fingerprint density at radius 1 is 1.12 bits per heavy atom. The van der Waals surface area contributed by atoms with Gasteiger partial charge in [-0.2, -0.15) is 13.2 Å². The molecule has 0 radical (unpaired) electrons. The largest absolute Gasteiger partial charge is 0.425 e. The molecule has 32 heavy (non-hydrogen) atoms. The second-order valence-electron chi connectivity index (χ2n) is 6.69. The monoisotopic (exact) mass is 465 g/mol. The van der Waals surface area contributed by atoms with Crippen molar-refractivity contribution in [3.63, 3.8) is 0 Å². The molecule has 0 bridgehead atoms. The number of carbonyl (C=O) groups is 2. The molecule has 1 aliphatic heterocycles. The number of hydrogen-bond acceptors (Lipinski definition) is 5. The van der Waals surface area contributed by atoms with Gasteiger partial charge < -0.3 is 10.6 Å². The summed E-state index contributed by atoms with van der Waals surface area (Å²) in [5.74, 6) is -3.78. The van der Waals surface area contributed by atoms with Crippen LogP contribution in [0, 0.1) is 0 Å². The predicted octanol–water partition coefficient (Wildman–Crippen LogP) is 1.71. The summed E-state index contributed by atoms with van der Waals surface area (Å²) in [6.45, 7) is 0. The Balaban J connectivity index is 1.98. The molecule has 13 heteroatoms. The van der Waals surface area contributed by atoms with Crippen LogP contribution in [-0.4, -0.2) is 32.5 Å². The second kappa shape index (κ2) is 7.34. The number of benzene rings is 1. The van der Waals surface area contributed by atoms with E-state index in [2.05, 4.69) is 4.98 Å². The molecule has 2 aromatic heterocycles. The summed E-state index contributed by atoms with van der Waals surface area (Å²) in [4.78, 5) is 55.7. The number of alkyl halides is 3. The van der Waals surface area contributed by atoms with Crippen molar-refractivity contribution in [1.29, 1.82) is 0 Å². The molecule has 2 amide bonds. The van der Waals surface area contributed by atoms with E-state index in [1.165, 1.54) is 42.6 Å². The highest BCUT2D eigenvalue weighted by molar-refractivity contribution is 6.30. The fourth-order valence-corrected chi connectivity index (χ4v) is 3.48. The fraction of sp³-hybridized carbons (Fsp3) is 0.105. The van der Waals surface area contributed by atoms with E-state index in [9.17, 15) is 32.3 Å². The molecule has 9 nitrogen and oxygen atoms in total. The molecule has 4 rings (SSSR count). The van der Waals surface area contributed by atoms with Crippen LogP contribution in [0.1, 0.15) is 15.9 Å².